The lowest BCUT2D eigenvalue weighted by molar-refractivity contribution is 0.0374. The van der Waals surface area contributed by atoms with Crippen LogP contribution in [0.25, 0.3) is 0 Å². The van der Waals surface area contributed by atoms with Crippen LogP contribution in [-0.2, 0) is 4.74 Å². The van der Waals surface area contributed by atoms with Crippen LogP contribution < -0.4 is 0 Å². The van der Waals surface area contributed by atoms with Gasteiger partial charge in [0.1, 0.15) is 5.82 Å². The van der Waals surface area contributed by atoms with Gasteiger partial charge in [0, 0.05) is 36.3 Å². The van der Waals surface area contributed by atoms with Gasteiger partial charge in [-0.25, -0.2) is 0 Å². The first-order chi connectivity index (χ1) is 10.3. The molecule has 1 saturated heterocycles. The number of halogens is 1. The highest BCUT2D eigenvalue weighted by molar-refractivity contribution is 9.09. The second-order valence-electron chi connectivity index (χ2n) is 6.75. The highest BCUT2D eigenvalue weighted by Gasteiger charge is 2.38. The van der Waals surface area contributed by atoms with Crippen LogP contribution in [0.5, 0.6) is 0 Å². The molecule has 2 heterocycles. The van der Waals surface area contributed by atoms with E-state index in [2.05, 4.69) is 30.7 Å². The van der Waals surface area contributed by atoms with E-state index in [1.165, 1.54) is 31.5 Å². The van der Waals surface area contributed by atoms with Gasteiger partial charge < -0.3 is 9.30 Å². The molecule has 21 heavy (non-hydrogen) atoms. The van der Waals surface area contributed by atoms with Crippen LogP contribution in [0.3, 0.4) is 0 Å². The third kappa shape index (κ3) is 3.04. The number of hydrogen-bond acceptors (Lipinski definition) is 4. The average Bonchev–Trinajstić information content (AvgIpc) is 3.45. The van der Waals surface area contributed by atoms with Crippen molar-refractivity contribution in [3.63, 3.8) is 0 Å². The molecule has 0 N–H and O–H groups in total. The van der Waals surface area contributed by atoms with E-state index in [0.29, 0.717) is 17.4 Å². The lowest BCUT2D eigenvalue weighted by atomic mass is 9.85. The molecular weight excluding hydrogens is 350 g/mol. The summed E-state index contributed by atoms with van der Waals surface area (Å²) < 4.78 is 7.99. The number of hydrogen-bond donors (Lipinski definition) is 0. The summed E-state index contributed by atoms with van der Waals surface area (Å²) in [5.74, 6) is 3.08. The van der Waals surface area contributed by atoms with E-state index in [-0.39, 0.29) is 0 Å². The number of aromatic nitrogens is 3. The Morgan fingerprint density at radius 1 is 1.19 bits per heavy atom. The Hall–Kier alpha value is -0.0700. The van der Waals surface area contributed by atoms with Crippen molar-refractivity contribution in [2.75, 3.05) is 24.3 Å². The molecule has 0 bridgehead atoms. The summed E-state index contributed by atoms with van der Waals surface area (Å²) in [6.45, 7) is 1.80. The number of rotatable bonds is 6. The molecule has 6 heteroatoms. The summed E-state index contributed by atoms with van der Waals surface area (Å²) in [5.41, 5.74) is 0.364. The van der Waals surface area contributed by atoms with Gasteiger partial charge in [-0.1, -0.05) is 27.7 Å². The van der Waals surface area contributed by atoms with Crippen molar-refractivity contribution in [2.45, 2.75) is 55.6 Å². The fourth-order valence-electron chi connectivity index (χ4n) is 3.02. The van der Waals surface area contributed by atoms with Crippen molar-refractivity contribution < 1.29 is 4.74 Å². The van der Waals surface area contributed by atoms with Gasteiger partial charge in [-0.15, -0.1) is 10.2 Å². The van der Waals surface area contributed by atoms with Crippen LogP contribution in [0.1, 0.15) is 56.3 Å². The number of nitrogens with zero attached hydrogens (tertiary/aromatic N) is 3. The molecule has 1 aromatic rings. The maximum Gasteiger partial charge on any atom is 0.191 e. The molecule has 3 aliphatic rings. The minimum Gasteiger partial charge on any atom is -0.381 e. The Kier molecular flexibility index (Phi) is 4.05. The molecule has 0 aromatic carbocycles. The SMILES string of the molecule is BrCC1(CSc2nnc(C3CC3)n2C2CC2)CCOCC1. The topological polar surface area (TPSA) is 39.9 Å². The summed E-state index contributed by atoms with van der Waals surface area (Å²) in [6, 6.07) is 0.688. The Labute approximate surface area is 138 Å². The highest BCUT2D eigenvalue weighted by Crippen LogP contribution is 2.47. The Bertz CT molecular complexity index is 507. The number of alkyl halides is 1. The van der Waals surface area contributed by atoms with Crippen molar-refractivity contribution in [1.82, 2.24) is 14.8 Å². The summed E-state index contributed by atoms with van der Waals surface area (Å²) >= 11 is 5.64. The van der Waals surface area contributed by atoms with Gasteiger partial charge >= 0.3 is 0 Å². The molecule has 2 saturated carbocycles. The van der Waals surface area contributed by atoms with E-state index >= 15 is 0 Å². The van der Waals surface area contributed by atoms with Crippen LogP contribution in [0.4, 0.5) is 0 Å². The molecule has 0 spiro atoms. The first-order valence-electron chi connectivity index (χ1n) is 8.03. The predicted molar refractivity (Wildman–Crippen MR) is 87.3 cm³/mol. The summed E-state index contributed by atoms with van der Waals surface area (Å²) in [5, 5.41) is 11.2. The molecule has 3 fully saturated rings. The maximum atomic E-state index is 5.53. The molecule has 0 unspecified atom stereocenters. The van der Waals surface area contributed by atoms with E-state index in [1.807, 2.05) is 11.8 Å². The number of ether oxygens (including phenoxy) is 1. The minimum atomic E-state index is 0.364. The van der Waals surface area contributed by atoms with Crippen molar-refractivity contribution in [3.05, 3.63) is 5.82 Å². The molecule has 4 nitrogen and oxygen atoms in total. The smallest absolute Gasteiger partial charge is 0.191 e. The molecule has 1 aliphatic heterocycles. The van der Waals surface area contributed by atoms with Crippen molar-refractivity contribution in [3.8, 4) is 0 Å². The fraction of sp³-hybridized carbons (Fsp3) is 0.867. The Morgan fingerprint density at radius 2 is 1.95 bits per heavy atom. The second-order valence-corrected chi connectivity index (χ2v) is 8.25. The lowest BCUT2D eigenvalue weighted by Crippen LogP contribution is -2.33. The van der Waals surface area contributed by atoms with E-state index in [0.717, 1.165) is 42.3 Å². The predicted octanol–water partition coefficient (Wildman–Crippen LogP) is 3.77. The van der Waals surface area contributed by atoms with E-state index in [9.17, 15) is 0 Å². The van der Waals surface area contributed by atoms with Crippen LogP contribution in [0, 0.1) is 5.41 Å². The highest BCUT2D eigenvalue weighted by atomic mass is 79.9. The van der Waals surface area contributed by atoms with E-state index in [1.54, 1.807) is 0 Å². The second kappa shape index (κ2) is 5.85. The largest absolute Gasteiger partial charge is 0.381 e. The van der Waals surface area contributed by atoms with Gasteiger partial charge in [0.15, 0.2) is 5.16 Å². The molecule has 0 radical (unpaired) electrons. The van der Waals surface area contributed by atoms with Crippen LogP contribution in [0.15, 0.2) is 5.16 Å². The summed E-state index contributed by atoms with van der Waals surface area (Å²) in [7, 11) is 0. The molecular formula is C15H22BrN3OS. The van der Waals surface area contributed by atoms with E-state index in [4.69, 9.17) is 4.74 Å². The average molecular weight is 372 g/mol. The first-order valence-corrected chi connectivity index (χ1v) is 10.1. The van der Waals surface area contributed by atoms with Crippen LogP contribution >= 0.6 is 27.7 Å². The van der Waals surface area contributed by atoms with Gasteiger partial charge in [-0.3, -0.25) is 0 Å². The van der Waals surface area contributed by atoms with Crippen LogP contribution in [0.2, 0.25) is 0 Å². The molecule has 0 amide bonds. The lowest BCUT2D eigenvalue weighted by Gasteiger charge is -2.35. The van der Waals surface area contributed by atoms with Crippen LogP contribution in [-0.4, -0.2) is 39.1 Å². The third-order valence-corrected chi connectivity index (χ3v) is 7.37. The van der Waals surface area contributed by atoms with Gasteiger partial charge in [0.25, 0.3) is 0 Å². The van der Waals surface area contributed by atoms with Gasteiger partial charge in [-0.05, 0) is 43.9 Å². The normalized spacial score (nSPS) is 25.2. The monoisotopic (exact) mass is 371 g/mol. The summed E-state index contributed by atoms with van der Waals surface area (Å²) in [4.78, 5) is 0. The Morgan fingerprint density at radius 3 is 2.57 bits per heavy atom. The zero-order chi connectivity index (χ0) is 14.3. The van der Waals surface area contributed by atoms with Crippen molar-refractivity contribution in [2.24, 2.45) is 5.41 Å². The van der Waals surface area contributed by atoms with Gasteiger partial charge in [0.2, 0.25) is 0 Å². The molecule has 1 aromatic heterocycles. The standard InChI is InChI=1S/C15H22BrN3OS/c16-9-15(5-7-20-8-6-15)10-21-14-18-17-13(11-1-2-11)19(14)12-3-4-12/h11-12H,1-10H2. The van der Waals surface area contributed by atoms with Crippen molar-refractivity contribution in [1.29, 1.82) is 0 Å². The quantitative estimate of drug-likeness (QED) is 0.563. The van der Waals surface area contributed by atoms with Gasteiger partial charge in [-0.2, -0.15) is 0 Å². The molecule has 2 aliphatic carbocycles. The van der Waals surface area contributed by atoms with Gasteiger partial charge in [0.05, 0.1) is 0 Å². The fourth-order valence-corrected chi connectivity index (χ4v) is 5.35. The van der Waals surface area contributed by atoms with E-state index < -0.39 is 0 Å². The Balaban J connectivity index is 1.49. The third-order valence-electron chi connectivity index (χ3n) is 4.89. The first kappa shape index (κ1) is 14.5. The zero-order valence-corrected chi connectivity index (χ0v) is 14.7. The number of thioether (sulfide) groups is 1. The molecule has 0 atom stereocenters. The summed E-state index contributed by atoms with van der Waals surface area (Å²) in [6.07, 6.45) is 7.53. The molecule has 116 valence electrons. The van der Waals surface area contributed by atoms with Crippen molar-refractivity contribution >= 4 is 27.7 Å². The molecule has 4 rings (SSSR count). The maximum absolute atomic E-state index is 5.53. The minimum absolute atomic E-state index is 0.364. The zero-order valence-electron chi connectivity index (χ0n) is 12.3.